The van der Waals surface area contributed by atoms with E-state index in [2.05, 4.69) is 11.6 Å². The van der Waals surface area contributed by atoms with Crippen molar-refractivity contribution in [3.05, 3.63) is 35.7 Å². The molecule has 0 amide bonds. The van der Waals surface area contributed by atoms with Crippen LogP contribution in [0.5, 0.6) is 0 Å². The maximum atomic E-state index is 10.5. The van der Waals surface area contributed by atoms with Gasteiger partial charge >= 0.3 is 5.97 Å². The van der Waals surface area contributed by atoms with Gasteiger partial charge in [-0.2, -0.15) is 0 Å². The first-order valence-electron chi connectivity index (χ1n) is 4.36. The highest BCUT2D eigenvalue weighted by molar-refractivity contribution is 5.74. The van der Waals surface area contributed by atoms with E-state index in [9.17, 15) is 4.79 Å². The Morgan fingerprint density at radius 1 is 1.71 bits per heavy atom. The Kier molecular flexibility index (Phi) is 3.29. The molecule has 0 bridgehead atoms. The number of aromatic amines is 1. The van der Waals surface area contributed by atoms with Crippen LogP contribution in [0.4, 0.5) is 0 Å². The van der Waals surface area contributed by atoms with E-state index in [0.29, 0.717) is 0 Å². The Labute approximate surface area is 82.8 Å². The predicted molar refractivity (Wildman–Crippen MR) is 56.9 cm³/mol. The van der Waals surface area contributed by atoms with E-state index in [4.69, 9.17) is 5.11 Å². The Hall–Kier alpha value is -1.77. The molecule has 0 aliphatic carbocycles. The van der Waals surface area contributed by atoms with Gasteiger partial charge in [-0.05, 0) is 18.6 Å². The molecule has 3 heteroatoms. The molecular formula is C11H13NO2. The van der Waals surface area contributed by atoms with Crippen molar-refractivity contribution in [3.63, 3.8) is 0 Å². The topological polar surface area (TPSA) is 53.1 Å². The highest BCUT2D eigenvalue weighted by Crippen LogP contribution is 2.17. The first-order valence-corrected chi connectivity index (χ1v) is 4.36. The van der Waals surface area contributed by atoms with Gasteiger partial charge in [0.1, 0.15) is 0 Å². The lowest BCUT2D eigenvalue weighted by atomic mass is 10.1. The molecule has 0 atom stereocenters. The van der Waals surface area contributed by atoms with Gasteiger partial charge < -0.3 is 10.1 Å². The number of aliphatic carboxylic acids is 1. The van der Waals surface area contributed by atoms with Crippen LogP contribution < -0.4 is 0 Å². The quantitative estimate of drug-likeness (QED) is 0.767. The first-order chi connectivity index (χ1) is 6.69. The molecule has 1 heterocycles. The fourth-order valence-electron chi connectivity index (χ4n) is 1.35. The van der Waals surface area contributed by atoms with Crippen LogP contribution in [0.3, 0.4) is 0 Å². The van der Waals surface area contributed by atoms with Crippen molar-refractivity contribution in [2.24, 2.45) is 0 Å². The van der Waals surface area contributed by atoms with Crippen LogP contribution in [-0.4, -0.2) is 16.1 Å². The normalized spacial score (nSPS) is 10.6. The summed E-state index contributed by atoms with van der Waals surface area (Å²) in [7, 11) is 0. The lowest BCUT2D eigenvalue weighted by Crippen LogP contribution is -1.99. The minimum atomic E-state index is -0.834. The molecule has 0 saturated carbocycles. The third-order valence-electron chi connectivity index (χ3n) is 1.92. The third kappa shape index (κ3) is 2.13. The van der Waals surface area contributed by atoms with Gasteiger partial charge in [-0.1, -0.05) is 18.7 Å². The second-order valence-corrected chi connectivity index (χ2v) is 2.92. The van der Waals surface area contributed by atoms with Crippen LogP contribution in [0.1, 0.15) is 23.7 Å². The van der Waals surface area contributed by atoms with Crippen molar-refractivity contribution in [1.82, 2.24) is 4.98 Å². The van der Waals surface area contributed by atoms with Crippen LogP contribution in [0.2, 0.25) is 0 Å². The Bertz CT molecular complexity index is 375. The standard InChI is InChI=1S/C11H13NO2/c1-3-5-10-9(4-2)8(7-12-10)6-11(13)14/h3-5,7,12H,2,6H2,1H3,(H,13,14)/b5-3-. The minimum Gasteiger partial charge on any atom is -0.481 e. The molecule has 0 aromatic carbocycles. The molecule has 0 aliphatic heterocycles. The highest BCUT2D eigenvalue weighted by Gasteiger charge is 2.08. The van der Waals surface area contributed by atoms with Crippen LogP contribution >= 0.6 is 0 Å². The van der Waals surface area contributed by atoms with Gasteiger partial charge in [-0.25, -0.2) is 0 Å². The van der Waals surface area contributed by atoms with Gasteiger partial charge in [0.05, 0.1) is 6.42 Å². The fraction of sp³-hybridized carbons (Fsp3) is 0.182. The first kappa shape index (κ1) is 10.3. The van der Waals surface area contributed by atoms with Gasteiger partial charge in [0.15, 0.2) is 0 Å². The van der Waals surface area contributed by atoms with Gasteiger partial charge in [-0.15, -0.1) is 0 Å². The maximum Gasteiger partial charge on any atom is 0.307 e. The van der Waals surface area contributed by atoms with Gasteiger partial charge in [0.25, 0.3) is 0 Å². The van der Waals surface area contributed by atoms with E-state index in [1.807, 2.05) is 19.1 Å². The number of carbonyl (C=O) groups is 1. The number of rotatable bonds is 4. The molecule has 1 rings (SSSR count). The number of allylic oxidation sites excluding steroid dienone is 1. The molecule has 14 heavy (non-hydrogen) atoms. The molecule has 0 aliphatic rings. The monoisotopic (exact) mass is 191 g/mol. The summed E-state index contributed by atoms with van der Waals surface area (Å²) in [5, 5.41) is 8.66. The smallest absolute Gasteiger partial charge is 0.307 e. The molecule has 2 N–H and O–H groups in total. The third-order valence-corrected chi connectivity index (χ3v) is 1.92. The van der Waals surface area contributed by atoms with E-state index >= 15 is 0 Å². The molecule has 1 aromatic heterocycles. The predicted octanol–water partition coefficient (Wildman–Crippen LogP) is 2.32. The zero-order valence-electron chi connectivity index (χ0n) is 8.08. The van der Waals surface area contributed by atoms with Gasteiger partial charge in [0, 0.05) is 17.5 Å². The van der Waals surface area contributed by atoms with Gasteiger partial charge in [0.2, 0.25) is 0 Å². The summed E-state index contributed by atoms with van der Waals surface area (Å²) in [4.78, 5) is 13.5. The summed E-state index contributed by atoms with van der Waals surface area (Å²) in [6, 6.07) is 0. The van der Waals surface area contributed by atoms with Crippen molar-refractivity contribution in [2.75, 3.05) is 0 Å². The molecule has 3 nitrogen and oxygen atoms in total. The summed E-state index contributed by atoms with van der Waals surface area (Å²) < 4.78 is 0. The van der Waals surface area contributed by atoms with Crippen molar-refractivity contribution in [3.8, 4) is 0 Å². The molecule has 74 valence electrons. The number of H-pyrrole nitrogens is 1. The summed E-state index contributed by atoms with van der Waals surface area (Å²) in [5.74, 6) is -0.834. The Morgan fingerprint density at radius 3 is 2.93 bits per heavy atom. The summed E-state index contributed by atoms with van der Waals surface area (Å²) >= 11 is 0. The largest absolute Gasteiger partial charge is 0.481 e. The molecule has 1 aromatic rings. The van der Waals surface area contributed by atoms with Crippen molar-refractivity contribution in [1.29, 1.82) is 0 Å². The number of aromatic nitrogens is 1. The maximum absolute atomic E-state index is 10.5. The second-order valence-electron chi connectivity index (χ2n) is 2.92. The minimum absolute atomic E-state index is 0.0232. The van der Waals surface area contributed by atoms with Crippen LogP contribution in [0, 0.1) is 0 Å². The fourth-order valence-corrected chi connectivity index (χ4v) is 1.35. The average molecular weight is 191 g/mol. The number of carboxylic acids is 1. The van der Waals surface area contributed by atoms with E-state index in [-0.39, 0.29) is 6.42 Å². The van der Waals surface area contributed by atoms with Crippen molar-refractivity contribution >= 4 is 18.1 Å². The Balaban J connectivity index is 3.06. The zero-order chi connectivity index (χ0) is 10.6. The number of hydrogen-bond donors (Lipinski definition) is 2. The zero-order valence-corrected chi connectivity index (χ0v) is 8.08. The van der Waals surface area contributed by atoms with Crippen molar-refractivity contribution < 1.29 is 9.90 Å². The number of nitrogens with one attached hydrogen (secondary N) is 1. The molecule has 0 fully saturated rings. The SMILES string of the molecule is C=Cc1c(CC(=O)O)c[nH]c1/C=C\C. The van der Waals surface area contributed by atoms with E-state index in [1.54, 1.807) is 12.3 Å². The molecule has 0 spiro atoms. The number of carboxylic acid groups (broad SMARTS) is 1. The van der Waals surface area contributed by atoms with E-state index in [1.165, 1.54) is 0 Å². The average Bonchev–Trinajstić information content (AvgIpc) is 2.47. The second kappa shape index (κ2) is 4.46. The van der Waals surface area contributed by atoms with Crippen LogP contribution in [0.15, 0.2) is 18.9 Å². The summed E-state index contributed by atoms with van der Waals surface area (Å²) in [5.41, 5.74) is 2.53. The van der Waals surface area contributed by atoms with Crippen LogP contribution in [-0.2, 0) is 11.2 Å². The summed E-state index contributed by atoms with van der Waals surface area (Å²) in [6.07, 6.45) is 7.19. The lowest BCUT2D eigenvalue weighted by Gasteiger charge is -1.96. The van der Waals surface area contributed by atoms with E-state index < -0.39 is 5.97 Å². The molecule has 0 unspecified atom stereocenters. The number of hydrogen-bond acceptors (Lipinski definition) is 1. The molecular weight excluding hydrogens is 178 g/mol. The molecule has 0 radical (unpaired) electrons. The Morgan fingerprint density at radius 2 is 2.43 bits per heavy atom. The van der Waals surface area contributed by atoms with E-state index in [0.717, 1.165) is 16.8 Å². The van der Waals surface area contributed by atoms with Crippen molar-refractivity contribution in [2.45, 2.75) is 13.3 Å². The van der Waals surface area contributed by atoms with Crippen LogP contribution in [0.25, 0.3) is 12.2 Å². The summed E-state index contributed by atoms with van der Waals surface area (Å²) in [6.45, 7) is 5.57. The lowest BCUT2D eigenvalue weighted by molar-refractivity contribution is -0.136. The van der Waals surface area contributed by atoms with Gasteiger partial charge in [-0.3, -0.25) is 4.79 Å². The highest BCUT2D eigenvalue weighted by atomic mass is 16.4. The molecule has 0 saturated heterocycles.